The third-order valence-corrected chi connectivity index (χ3v) is 4.14. The number of pyridine rings is 1. The quantitative estimate of drug-likeness (QED) is 0.597. The van der Waals surface area contributed by atoms with Crippen molar-refractivity contribution in [3.8, 4) is 22.6 Å². The minimum Gasteiger partial charge on any atom is -0.357 e. The smallest absolute Gasteiger partial charge is 0.222 e. The Balaban J connectivity index is 2.04. The molecule has 7 heteroatoms. The fourth-order valence-corrected chi connectivity index (χ4v) is 2.91. The lowest BCUT2D eigenvalue weighted by Gasteiger charge is -2.06. The Bertz CT molecular complexity index is 1060. The monoisotopic (exact) mass is 353 g/mol. The Kier molecular flexibility index (Phi) is 3.82. The number of hydrogen-bond donors (Lipinski definition) is 1. The number of nitrogens with zero attached hydrogens (tertiary/aromatic N) is 4. The van der Waals surface area contributed by atoms with Crippen LogP contribution in [0.5, 0.6) is 0 Å². The molecule has 0 aliphatic carbocycles. The number of rotatable bonds is 3. The van der Waals surface area contributed by atoms with Crippen molar-refractivity contribution in [1.29, 1.82) is 0 Å². The zero-order valence-corrected chi connectivity index (χ0v) is 14.0. The summed E-state index contributed by atoms with van der Waals surface area (Å²) in [6, 6.07) is 11.6. The summed E-state index contributed by atoms with van der Waals surface area (Å²) in [5, 5.41) is 3.46. The first-order valence-corrected chi connectivity index (χ1v) is 7.99. The van der Waals surface area contributed by atoms with Crippen LogP contribution in [0.1, 0.15) is 0 Å². The molecule has 0 aliphatic heterocycles. The van der Waals surface area contributed by atoms with E-state index in [2.05, 4.69) is 20.3 Å². The summed E-state index contributed by atoms with van der Waals surface area (Å²) in [7, 11) is 1.76. The van der Waals surface area contributed by atoms with Crippen molar-refractivity contribution >= 4 is 23.2 Å². The van der Waals surface area contributed by atoms with Gasteiger partial charge in [0.1, 0.15) is 5.82 Å². The minimum atomic E-state index is -0.299. The van der Waals surface area contributed by atoms with Gasteiger partial charge < -0.3 is 5.32 Å². The third-order valence-electron chi connectivity index (χ3n) is 3.84. The molecule has 0 radical (unpaired) electrons. The second-order valence-corrected chi connectivity index (χ2v) is 5.79. The van der Waals surface area contributed by atoms with Gasteiger partial charge in [-0.1, -0.05) is 11.6 Å². The number of nitrogens with one attached hydrogen (secondary N) is 1. The van der Waals surface area contributed by atoms with E-state index in [1.54, 1.807) is 37.5 Å². The van der Waals surface area contributed by atoms with Crippen LogP contribution in [0.15, 0.2) is 54.9 Å². The average Bonchev–Trinajstić information content (AvgIpc) is 3.03. The highest BCUT2D eigenvalue weighted by atomic mass is 35.5. The van der Waals surface area contributed by atoms with Crippen LogP contribution in [0.2, 0.25) is 5.02 Å². The van der Waals surface area contributed by atoms with E-state index in [0.29, 0.717) is 28.0 Å². The molecule has 0 saturated heterocycles. The summed E-state index contributed by atoms with van der Waals surface area (Å²) in [4.78, 5) is 13.3. The Morgan fingerprint density at radius 3 is 2.64 bits per heavy atom. The van der Waals surface area contributed by atoms with Gasteiger partial charge in [0.15, 0.2) is 5.65 Å². The molecule has 0 aliphatic rings. The highest BCUT2D eigenvalue weighted by Crippen LogP contribution is 2.34. The second-order valence-electron chi connectivity index (χ2n) is 5.38. The standard InChI is InChI=1S/C18H13ClFN5/c1-21-18-22-9-8-14(23-18)16-15(11-4-6-12(20)7-5-11)24-17-13(19)3-2-10-25(16)17/h2-10H,1H3,(H,21,22,23). The SMILES string of the molecule is CNc1nccc(-c2c(-c3ccc(F)cc3)nc3c(Cl)cccn23)n1. The first-order chi connectivity index (χ1) is 12.2. The zero-order chi connectivity index (χ0) is 17.4. The van der Waals surface area contributed by atoms with Crippen molar-refractivity contribution in [2.45, 2.75) is 0 Å². The highest BCUT2D eigenvalue weighted by Gasteiger charge is 2.19. The lowest BCUT2D eigenvalue weighted by molar-refractivity contribution is 0.628. The second kappa shape index (κ2) is 6.14. The largest absolute Gasteiger partial charge is 0.357 e. The van der Waals surface area contributed by atoms with Crippen LogP contribution < -0.4 is 5.32 Å². The molecule has 0 saturated carbocycles. The van der Waals surface area contributed by atoms with Crippen LogP contribution in [0.25, 0.3) is 28.3 Å². The summed E-state index contributed by atoms with van der Waals surface area (Å²) in [6.07, 6.45) is 3.55. The maximum absolute atomic E-state index is 13.3. The Morgan fingerprint density at radius 1 is 1.08 bits per heavy atom. The first-order valence-electron chi connectivity index (χ1n) is 7.61. The fraction of sp³-hybridized carbons (Fsp3) is 0.0556. The molecule has 1 N–H and O–H groups in total. The number of imidazole rings is 1. The van der Waals surface area contributed by atoms with E-state index < -0.39 is 0 Å². The molecule has 25 heavy (non-hydrogen) atoms. The molecule has 0 amide bonds. The van der Waals surface area contributed by atoms with Gasteiger partial charge >= 0.3 is 0 Å². The van der Waals surface area contributed by atoms with Gasteiger partial charge in [-0.2, -0.15) is 0 Å². The normalized spacial score (nSPS) is 11.0. The van der Waals surface area contributed by atoms with Gasteiger partial charge in [-0.3, -0.25) is 4.40 Å². The molecule has 0 fully saturated rings. The molecule has 3 aromatic heterocycles. The Morgan fingerprint density at radius 2 is 1.88 bits per heavy atom. The molecule has 0 atom stereocenters. The Labute approximate surface area is 148 Å². The fourth-order valence-electron chi connectivity index (χ4n) is 2.70. The number of halogens is 2. The van der Waals surface area contributed by atoms with Gasteiger partial charge in [-0.05, 0) is 42.5 Å². The first kappa shape index (κ1) is 15.5. The van der Waals surface area contributed by atoms with Gasteiger partial charge in [0.25, 0.3) is 0 Å². The van der Waals surface area contributed by atoms with Crippen LogP contribution in [0.4, 0.5) is 10.3 Å². The summed E-state index contributed by atoms with van der Waals surface area (Å²) >= 11 is 6.31. The third kappa shape index (κ3) is 2.70. The van der Waals surface area contributed by atoms with Crippen molar-refractivity contribution in [2.24, 2.45) is 0 Å². The summed E-state index contributed by atoms with van der Waals surface area (Å²) < 4.78 is 15.2. The van der Waals surface area contributed by atoms with Gasteiger partial charge in [-0.25, -0.2) is 19.3 Å². The van der Waals surface area contributed by atoms with Crippen molar-refractivity contribution in [3.05, 3.63) is 65.7 Å². The van der Waals surface area contributed by atoms with E-state index in [-0.39, 0.29) is 5.82 Å². The molecular formula is C18H13ClFN5. The van der Waals surface area contributed by atoms with Gasteiger partial charge in [0.2, 0.25) is 5.95 Å². The lowest BCUT2D eigenvalue weighted by atomic mass is 10.1. The molecule has 0 spiro atoms. The summed E-state index contributed by atoms with van der Waals surface area (Å²) in [6.45, 7) is 0. The van der Waals surface area contributed by atoms with Crippen LogP contribution >= 0.6 is 11.6 Å². The topological polar surface area (TPSA) is 55.1 Å². The van der Waals surface area contributed by atoms with Crippen LogP contribution in [0.3, 0.4) is 0 Å². The lowest BCUT2D eigenvalue weighted by Crippen LogP contribution is -1.99. The van der Waals surface area contributed by atoms with E-state index in [1.165, 1.54) is 12.1 Å². The average molecular weight is 354 g/mol. The van der Waals surface area contributed by atoms with E-state index in [4.69, 9.17) is 11.6 Å². The summed E-state index contributed by atoms with van der Waals surface area (Å²) in [5.41, 5.74) is 3.52. The van der Waals surface area contributed by atoms with Crippen LogP contribution in [-0.4, -0.2) is 26.4 Å². The summed E-state index contributed by atoms with van der Waals surface area (Å²) in [5.74, 6) is 0.200. The van der Waals surface area contributed by atoms with E-state index in [9.17, 15) is 4.39 Å². The predicted octanol–water partition coefficient (Wildman–Crippen LogP) is 4.29. The van der Waals surface area contributed by atoms with E-state index in [0.717, 1.165) is 11.3 Å². The molecular weight excluding hydrogens is 341 g/mol. The molecule has 5 nitrogen and oxygen atoms in total. The van der Waals surface area contributed by atoms with E-state index in [1.807, 2.05) is 16.7 Å². The van der Waals surface area contributed by atoms with Crippen molar-refractivity contribution in [1.82, 2.24) is 19.4 Å². The maximum Gasteiger partial charge on any atom is 0.222 e. The predicted molar refractivity (Wildman–Crippen MR) is 96.2 cm³/mol. The van der Waals surface area contributed by atoms with Crippen LogP contribution in [0, 0.1) is 5.82 Å². The van der Waals surface area contributed by atoms with Crippen molar-refractivity contribution < 1.29 is 4.39 Å². The molecule has 3 heterocycles. The van der Waals surface area contributed by atoms with Gasteiger partial charge in [0.05, 0.1) is 22.1 Å². The maximum atomic E-state index is 13.3. The number of hydrogen-bond acceptors (Lipinski definition) is 4. The Hall–Kier alpha value is -2.99. The van der Waals surface area contributed by atoms with Crippen molar-refractivity contribution in [2.75, 3.05) is 12.4 Å². The van der Waals surface area contributed by atoms with E-state index >= 15 is 0 Å². The zero-order valence-electron chi connectivity index (χ0n) is 13.2. The number of benzene rings is 1. The van der Waals surface area contributed by atoms with Crippen molar-refractivity contribution in [3.63, 3.8) is 0 Å². The number of fused-ring (bicyclic) bond motifs is 1. The molecule has 0 bridgehead atoms. The molecule has 4 rings (SSSR count). The van der Waals surface area contributed by atoms with Gasteiger partial charge in [0, 0.05) is 25.0 Å². The molecule has 124 valence electrons. The molecule has 4 aromatic rings. The molecule has 1 aromatic carbocycles. The minimum absolute atomic E-state index is 0.299. The highest BCUT2D eigenvalue weighted by molar-refractivity contribution is 6.33. The molecule has 0 unspecified atom stereocenters. The number of aromatic nitrogens is 4. The van der Waals surface area contributed by atoms with Crippen LogP contribution in [-0.2, 0) is 0 Å². The van der Waals surface area contributed by atoms with Gasteiger partial charge in [-0.15, -0.1) is 0 Å². The number of anilines is 1.